The number of carbonyl (C=O) groups excluding carboxylic acids is 2. The summed E-state index contributed by atoms with van der Waals surface area (Å²) in [5.74, 6) is 0.216. The summed E-state index contributed by atoms with van der Waals surface area (Å²) in [7, 11) is 1.76. The summed E-state index contributed by atoms with van der Waals surface area (Å²) in [4.78, 5) is 37.6. The van der Waals surface area contributed by atoms with Gasteiger partial charge in [-0.15, -0.1) is 13.2 Å². The summed E-state index contributed by atoms with van der Waals surface area (Å²) in [5.41, 5.74) is 1.44. The van der Waals surface area contributed by atoms with Crippen molar-refractivity contribution in [3.05, 3.63) is 72.6 Å². The molecule has 3 heterocycles. The van der Waals surface area contributed by atoms with Gasteiger partial charge in [0.2, 0.25) is 5.91 Å². The van der Waals surface area contributed by atoms with E-state index in [9.17, 15) is 22.8 Å². The fraction of sp³-hybridized carbons (Fsp3) is 0.385. The number of aromatic nitrogens is 3. The predicted molar refractivity (Wildman–Crippen MR) is 131 cm³/mol. The second kappa shape index (κ2) is 10.4. The van der Waals surface area contributed by atoms with E-state index in [1.807, 2.05) is 0 Å². The van der Waals surface area contributed by atoms with E-state index in [0.717, 1.165) is 13.1 Å². The molecule has 5 rings (SSSR count). The van der Waals surface area contributed by atoms with Gasteiger partial charge in [-0.25, -0.2) is 4.98 Å². The maximum atomic E-state index is 13.3. The molecule has 2 unspecified atom stereocenters. The van der Waals surface area contributed by atoms with Crippen molar-refractivity contribution in [2.45, 2.75) is 12.9 Å². The van der Waals surface area contributed by atoms with E-state index in [0.29, 0.717) is 29.6 Å². The zero-order valence-corrected chi connectivity index (χ0v) is 20.6. The van der Waals surface area contributed by atoms with Crippen LogP contribution in [-0.2, 0) is 18.4 Å². The average molecular weight is 529 g/mol. The van der Waals surface area contributed by atoms with Crippen molar-refractivity contribution in [1.82, 2.24) is 24.3 Å². The Balaban J connectivity index is 1.21. The molecule has 1 saturated heterocycles. The molecule has 38 heavy (non-hydrogen) atoms. The van der Waals surface area contributed by atoms with Crippen molar-refractivity contribution in [2.24, 2.45) is 24.8 Å². The van der Waals surface area contributed by atoms with Crippen molar-refractivity contribution < 1.29 is 27.5 Å². The number of carbonyl (C=O) groups is 2. The Labute approximate surface area is 217 Å². The van der Waals surface area contributed by atoms with Gasteiger partial charge in [-0.05, 0) is 47.6 Å². The fourth-order valence-corrected chi connectivity index (χ4v) is 5.20. The van der Waals surface area contributed by atoms with Gasteiger partial charge >= 0.3 is 6.36 Å². The number of aryl methyl sites for hydroxylation is 1. The number of benzene rings is 1. The Morgan fingerprint density at radius 1 is 1.18 bits per heavy atom. The molecule has 1 aliphatic carbocycles. The second-order valence-electron chi connectivity index (χ2n) is 9.78. The molecule has 9 nitrogen and oxygen atoms in total. The normalized spacial score (nSPS) is 20.6. The molecule has 1 N–H and O–H groups in total. The number of amides is 2. The third kappa shape index (κ3) is 6.31. The molecule has 2 aromatic heterocycles. The number of halogens is 3. The van der Waals surface area contributed by atoms with Crippen LogP contribution >= 0.6 is 0 Å². The molecule has 12 heteroatoms. The lowest BCUT2D eigenvalue weighted by Crippen LogP contribution is -2.37. The number of nitrogens with one attached hydrogen (secondary N) is 1. The van der Waals surface area contributed by atoms with E-state index in [1.54, 1.807) is 53.3 Å². The van der Waals surface area contributed by atoms with Gasteiger partial charge < -0.3 is 19.5 Å². The van der Waals surface area contributed by atoms with Crippen LogP contribution in [0.2, 0.25) is 0 Å². The number of fused-ring (bicyclic) bond motifs is 1. The highest BCUT2D eigenvalue weighted by Crippen LogP contribution is 2.52. The van der Waals surface area contributed by atoms with Crippen molar-refractivity contribution >= 4 is 17.5 Å². The zero-order chi connectivity index (χ0) is 26.9. The molecule has 0 radical (unpaired) electrons. The Morgan fingerprint density at radius 2 is 1.97 bits per heavy atom. The van der Waals surface area contributed by atoms with Crippen LogP contribution in [0.5, 0.6) is 5.75 Å². The zero-order valence-electron chi connectivity index (χ0n) is 20.6. The number of rotatable bonds is 9. The molecule has 1 aliphatic heterocycles. The Morgan fingerprint density at radius 3 is 2.63 bits per heavy atom. The molecule has 0 spiro atoms. The molecule has 2 atom stereocenters. The fourth-order valence-electron chi connectivity index (χ4n) is 5.20. The predicted octanol–water partition coefficient (Wildman–Crippen LogP) is 3.17. The maximum Gasteiger partial charge on any atom is 0.573 e. The van der Waals surface area contributed by atoms with E-state index in [4.69, 9.17) is 0 Å². The van der Waals surface area contributed by atoms with Gasteiger partial charge in [0.15, 0.2) is 0 Å². The number of nitrogens with zero attached hydrogens (tertiary/aromatic N) is 5. The summed E-state index contributed by atoms with van der Waals surface area (Å²) >= 11 is 0. The Kier molecular flexibility index (Phi) is 7.06. The number of piperidine rings is 1. The van der Waals surface area contributed by atoms with E-state index >= 15 is 0 Å². The highest BCUT2D eigenvalue weighted by molar-refractivity contribution is 5.92. The molecule has 2 aliphatic rings. The third-order valence-corrected chi connectivity index (χ3v) is 6.91. The first-order valence-electron chi connectivity index (χ1n) is 12.2. The Hall–Kier alpha value is -3.93. The molecule has 2 amide bonds. The van der Waals surface area contributed by atoms with Crippen LogP contribution in [0.15, 0.2) is 61.3 Å². The molecule has 0 bridgehead atoms. The van der Waals surface area contributed by atoms with Gasteiger partial charge in [0.25, 0.3) is 5.91 Å². The number of hydrogen-bond donors (Lipinski definition) is 1. The van der Waals surface area contributed by atoms with Crippen molar-refractivity contribution in [3.63, 3.8) is 0 Å². The van der Waals surface area contributed by atoms with Crippen LogP contribution in [-0.4, -0.2) is 68.7 Å². The van der Waals surface area contributed by atoms with Gasteiger partial charge in [-0.1, -0.05) is 12.1 Å². The molecule has 2 fully saturated rings. The van der Waals surface area contributed by atoms with Gasteiger partial charge in [-0.2, -0.15) is 0 Å². The lowest BCUT2D eigenvalue weighted by Gasteiger charge is -2.25. The van der Waals surface area contributed by atoms with Crippen LogP contribution in [0.4, 0.5) is 18.9 Å². The van der Waals surface area contributed by atoms with Crippen molar-refractivity contribution in [3.8, 4) is 5.75 Å². The SMILES string of the molecule is Cn1cnc(C(=O)N(Cc2cccc(OC(F)(F)F)c2)CC2C3CN(CC(=O)Nc4cccnc4)CC32)c1. The highest BCUT2D eigenvalue weighted by Gasteiger charge is 2.56. The van der Waals surface area contributed by atoms with Gasteiger partial charge in [-0.3, -0.25) is 19.5 Å². The average Bonchev–Trinajstić information content (AvgIpc) is 3.16. The van der Waals surface area contributed by atoms with Crippen LogP contribution in [0.25, 0.3) is 0 Å². The van der Waals surface area contributed by atoms with Crippen molar-refractivity contribution in [2.75, 3.05) is 31.5 Å². The number of pyridine rings is 1. The first-order valence-corrected chi connectivity index (χ1v) is 12.2. The number of likely N-dealkylation sites (tertiary alicyclic amines) is 1. The molecule has 200 valence electrons. The summed E-state index contributed by atoms with van der Waals surface area (Å²) in [6, 6.07) is 9.19. The van der Waals surface area contributed by atoms with Gasteiger partial charge in [0.05, 0.1) is 24.8 Å². The topological polar surface area (TPSA) is 92.6 Å². The number of hydrogen-bond acceptors (Lipinski definition) is 6. The quantitative estimate of drug-likeness (QED) is 0.459. The van der Waals surface area contributed by atoms with Gasteiger partial charge in [0.1, 0.15) is 11.4 Å². The lowest BCUT2D eigenvalue weighted by atomic mass is 10.1. The molecule has 3 aromatic rings. The number of alkyl halides is 3. The smallest absolute Gasteiger partial charge is 0.406 e. The van der Waals surface area contributed by atoms with E-state index < -0.39 is 6.36 Å². The first kappa shape index (κ1) is 25.7. The molecule has 1 saturated carbocycles. The van der Waals surface area contributed by atoms with Crippen LogP contribution < -0.4 is 10.1 Å². The van der Waals surface area contributed by atoms with E-state index in [-0.39, 0.29) is 42.3 Å². The molecule has 1 aromatic carbocycles. The van der Waals surface area contributed by atoms with Crippen LogP contribution in [0.3, 0.4) is 0 Å². The largest absolute Gasteiger partial charge is 0.573 e. The summed E-state index contributed by atoms with van der Waals surface area (Å²) in [5, 5.41) is 2.84. The van der Waals surface area contributed by atoms with Gasteiger partial charge in [0, 0.05) is 45.6 Å². The van der Waals surface area contributed by atoms with Crippen LogP contribution in [0, 0.1) is 17.8 Å². The summed E-state index contributed by atoms with van der Waals surface area (Å²) < 4.78 is 43.8. The minimum absolute atomic E-state index is 0.108. The maximum absolute atomic E-state index is 13.3. The highest BCUT2D eigenvalue weighted by atomic mass is 19.4. The lowest BCUT2D eigenvalue weighted by molar-refractivity contribution is -0.274. The Bertz CT molecular complexity index is 1290. The number of anilines is 1. The number of ether oxygens (including phenoxy) is 1. The summed E-state index contributed by atoms with van der Waals surface area (Å²) in [6.07, 6.45) is 1.58. The second-order valence-corrected chi connectivity index (χ2v) is 9.78. The molecular formula is C26H27F3N6O3. The van der Waals surface area contributed by atoms with Crippen LogP contribution in [0.1, 0.15) is 16.1 Å². The summed E-state index contributed by atoms with van der Waals surface area (Å²) in [6.45, 7) is 2.34. The van der Waals surface area contributed by atoms with E-state index in [1.165, 1.54) is 24.5 Å². The van der Waals surface area contributed by atoms with E-state index in [2.05, 4.69) is 24.9 Å². The number of imidazole rings is 1. The monoisotopic (exact) mass is 528 g/mol. The first-order chi connectivity index (χ1) is 18.1. The minimum atomic E-state index is -4.80. The van der Waals surface area contributed by atoms with Crippen molar-refractivity contribution in [1.29, 1.82) is 0 Å². The third-order valence-electron chi connectivity index (χ3n) is 6.91. The standard InChI is InChI=1S/C26H27F3N6O3/c1-33-14-23(31-16-33)25(37)35(10-17-4-2-6-19(8-17)38-26(27,28)29)13-22-20-11-34(12-21(20)22)15-24(36)32-18-5-3-7-30-9-18/h2-9,14,16,20-22H,10-13,15H2,1H3,(H,32,36). The molecular weight excluding hydrogens is 501 g/mol. The minimum Gasteiger partial charge on any atom is -0.406 e.